The molecule has 4 atom stereocenters. The van der Waals surface area contributed by atoms with Gasteiger partial charge in [-0.1, -0.05) is 48.5 Å². The standard InChI is InChI=1S/C36H38N6O6/c43-24-13-11-21(12-14-24)16-30(40-33(44)29-10-5-15-37-29)34(45)41-31(17-22-19-38-27-8-3-1-6-25(22)27)35(46)42-32(36(47)48)18-23-20-39-28-9-4-2-7-26(23)28/h1-4,6-9,11-14,19-20,29-32,37-39,43H,5,10,15-18H2,(H,40,44)(H,41,45)(H,42,46)(H,47,48). The van der Waals surface area contributed by atoms with Gasteiger partial charge in [0.1, 0.15) is 23.9 Å². The number of amides is 3. The van der Waals surface area contributed by atoms with Crippen molar-refractivity contribution in [1.29, 1.82) is 0 Å². The van der Waals surface area contributed by atoms with Gasteiger partial charge >= 0.3 is 5.97 Å². The number of carbonyl (C=O) groups excluding carboxylic acids is 3. The van der Waals surface area contributed by atoms with E-state index in [-0.39, 0.29) is 30.9 Å². The third-order valence-electron chi connectivity index (χ3n) is 8.83. The van der Waals surface area contributed by atoms with Gasteiger partial charge in [0.05, 0.1) is 6.04 Å². The summed E-state index contributed by atoms with van der Waals surface area (Å²) in [5.74, 6) is -2.75. The minimum Gasteiger partial charge on any atom is -0.508 e. The Morgan fingerprint density at radius 1 is 0.708 bits per heavy atom. The summed E-state index contributed by atoms with van der Waals surface area (Å²) < 4.78 is 0. The Kier molecular flexibility index (Phi) is 9.72. The smallest absolute Gasteiger partial charge is 0.326 e. The summed E-state index contributed by atoms with van der Waals surface area (Å²) in [6.45, 7) is 0.697. The molecule has 5 aromatic rings. The summed E-state index contributed by atoms with van der Waals surface area (Å²) in [7, 11) is 0. The number of aliphatic carboxylic acids is 1. The molecule has 8 N–H and O–H groups in total. The number of benzene rings is 3. The molecular weight excluding hydrogens is 612 g/mol. The highest BCUT2D eigenvalue weighted by molar-refractivity contribution is 5.95. The number of hydrogen-bond acceptors (Lipinski definition) is 6. The lowest BCUT2D eigenvalue weighted by atomic mass is 10.0. The number of carboxylic acid groups (broad SMARTS) is 1. The van der Waals surface area contributed by atoms with Gasteiger partial charge in [-0.3, -0.25) is 14.4 Å². The molecule has 1 aliphatic rings. The van der Waals surface area contributed by atoms with E-state index in [4.69, 9.17) is 0 Å². The molecule has 3 amide bonds. The summed E-state index contributed by atoms with van der Waals surface area (Å²) in [6, 6.07) is 17.4. The lowest BCUT2D eigenvalue weighted by Crippen LogP contribution is -2.58. The van der Waals surface area contributed by atoms with Crippen molar-refractivity contribution in [2.24, 2.45) is 0 Å². The normalized spacial score (nSPS) is 16.3. The minimum absolute atomic E-state index is 0.0206. The lowest BCUT2D eigenvalue weighted by molar-refractivity contribution is -0.142. The third-order valence-corrected chi connectivity index (χ3v) is 8.83. The van der Waals surface area contributed by atoms with Crippen molar-refractivity contribution in [3.8, 4) is 5.75 Å². The summed E-state index contributed by atoms with van der Waals surface area (Å²) >= 11 is 0. The second-order valence-corrected chi connectivity index (χ2v) is 12.2. The number of para-hydroxylation sites is 2. The Morgan fingerprint density at radius 2 is 1.25 bits per heavy atom. The first-order chi connectivity index (χ1) is 23.2. The van der Waals surface area contributed by atoms with Crippen molar-refractivity contribution in [3.05, 3.63) is 102 Å². The van der Waals surface area contributed by atoms with E-state index < -0.39 is 42.0 Å². The van der Waals surface area contributed by atoms with E-state index >= 15 is 0 Å². The Morgan fingerprint density at radius 3 is 1.81 bits per heavy atom. The van der Waals surface area contributed by atoms with Crippen LogP contribution in [0.25, 0.3) is 21.8 Å². The maximum Gasteiger partial charge on any atom is 0.326 e. The number of phenols is 1. The van der Waals surface area contributed by atoms with Crippen molar-refractivity contribution in [1.82, 2.24) is 31.2 Å². The van der Waals surface area contributed by atoms with E-state index in [1.807, 2.05) is 48.5 Å². The zero-order valence-electron chi connectivity index (χ0n) is 26.2. The highest BCUT2D eigenvalue weighted by Crippen LogP contribution is 2.21. The molecular formula is C36H38N6O6. The Labute approximate surface area is 276 Å². The Hall–Kier alpha value is -5.62. The van der Waals surface area contributed by atoms with Crippen LogP contribution in [0.2, 0.25) is 0 Å². The van der Waals surface area contributed by atoms with Crippen LogP contribution in [0.3, 0.4) is 0 Å². The molecule has 4 unspecified atom stereocenters. The number of H-pyrrole nitrogens is 2. The molecule has 6 rings (SSSR count). The summed E-state index contributed by atoms with van der Waals surface area (Å²) in [4.78, 5) is 59.8. The fraction of sp³-hybridized carbons (Fsp3) is 0.278. The van der Waals surface area contributed by atoms with Crippen molar-refractivity contribution < 1.29 is 29.4 Å². The molecule has 0 radical (unpaired) electrons. The minimum atomic E-state index is -1.28. The van der Waals surface area contributed by atoms with Gasteiger partial charge in [-0.05, 0) is 60.3 Å². The topological polar surface area (TPSA) is 188 Å². The second-order valence-electron chi connectivity index (χ2n) is 12.2. The van der Waals surface area contributed by atoms with Crippen LogP contribution in [0.5, 0.6) is 5.75 Å². The fourth-order valence-corrected chi connectivity index (χ4v) is 6.25. The number of fused-ring (bicyclic) bond motifs is 2. The van der Waals surface area contributed by atoms with Crippen molar-refractivity contribution >= 4 is 45.5 Å². The molecule has 3 aromatic carbocycles. The van der Waals surface area contributed by atoms with Crippen LogP contribution < -0.4 is 21.3 Å². The van der Waals surface area contributed by atoms with Crippen LogP contribution in [0.1, 0.15) is 29.5 Å². The maximum atomic E-state index is 14.0. The van der Waals surface area contributed by atoms with Crippen LogP contribution in [0, 0.1) is 0 Å². The van der Waals surface area contributed by atoms with E-state index in [1.165, 1.54) is 12.1 Å². The molecule has 0 aliphatic carbocycles. The summed E-state index contributed by atoms with van der Waals surface area (Å²) in [5.41, 5.74) is 3.87. The maximum absolute atomic E-state index is 14.0. The van der Waals surface area contributed by atoms with E-state index in [0.29, 0.717) is 18.5 Å². The van der Waals surface area contributed by atoms with E-state index in [1.54, 1.807) is 24.5 Å². The largest absolute Gasteiger partial charge is 0.508 e. The number of carbonyl (C=O) groups is 4. The van der Waals surface area contributed by atoms with Crippen molar-refractivity contribution in [2.45, 2.75) is 56.3 Å². The molecule has 1 saturated heterocycles. The van der Waals surface area contributed by atoms with Gasteiger partial charge < -0.3 is 41.4 Å². The van der Waals surface area contributed by atoms with Gasteiger partial charge in [-0.15, -0.1) is 0 Å². The average molecular weight is 651 g/mol. The fourth-order valence-electron chi connectivity index (χ4n) is 6.25. The van der Waals surface area contributed by atoms with Crippen LogP contribution in [-0.2, 0) is 38.4 Å². The van der Waals surface area contributed by atoms with Gasteiger partial charge in [0.15, 0.2) is 0 Å². The molecule has 1 aliphatic heterocycles. The zero-order valence-corrected chi connectivity index (χ0v) is 26.2. The number of nitrogens with one attached hydrogen (secondary N) is 6. The molecule has 0 bridgehead atoms. The molecule has 12 heteroatoms. The first-order valence-corrected chi connectivity index (χ1v) is 16.0. The number of aromatic nitrogens is 2. The predicted molar refractivity (Wildman–Crippen MR) is 180 cm³/mol. The van der Waals surface area contributed by atoms with Gasteiger partial charge in [-0.2, -0.15) is 0 Å². The van der Waals surface area contributed by atoms with E-state index in [2.05, 4.69) is 31.2 Å². The quantitative estimate of drug-likeness (QED) is 0.0962. The number of aromatic amines is 2. The number of carboxylic acids is 1. The first-order valence-electron chi connectivity index (χ1n) is 16.0. The van der Waals surface area contributed by atoms with Crippen LogP contribution in [0.4, 0.5) is 0 Å². The highest BCUT2D eigenvalue weighted by atomic mass is 16.4. The molecule has 1 fully saturated rings. The Balaban J connectivity index is 1.26. The zero-order chi connectivity index (χ0) is 33.6. The van der Waals surface area contributed by atoms with Crippen LogP contribution in [-0.4, -0.2) is 74.6 Å². The molecule has 12 nitrogen and oxygen atoms in total. The van der Waals surface area contributed by atoms with Gasteiger partial charge in [0, 0.05) is 53.5 Å². The van der Waals surface area contributed by atoms with Crippen molar-refractivity contribution in [2.75, 3.05) is 6.54 Å². The Bertz CT molecular complexity index is 1930. The highest BCUT2D eigenvalue weighted by Gasteiger charge is 2.32. The van der Waals surface area contributed by atoms with Gasteiger partial charge in [-0.25, -0.2) is 4.79 Å². The summed E-state index contributed by atoms with van der Waals surface area (Å²) in [6.07, 6.45) is 5.15. The molecule has 248 valence electrons. The molecule has 2 aromatic heterocycles. The second kappa shape index (κ2) is 14.4. The van der Waals surface area contributed by atoms with Gasteiger partial charge in [0.2, 0.25) is 17.7 Å². The lowest BCUT2D eigenvalue weighted by Gasteiger charge is -2.25. The van der Waals surface area contributed by atoms with E-state index in [9.17, 15) is 29.4 Å². The molecule has 48 heavy (non-hydrogen) atoms. The third kappa shape index (κ3) is 7.50. The molecule has 3 heterocycles. The van der Waals surface area contributed by atoms with Crippen molar-refractivity contribution in [3.63, 3.8) is 0 Å². The summed E-state index contributed by atoms with van der Waals surface area (Å²) in [5, 5.41) is 33.1. The number of rotatable bonds is 13. The SMILES string of the molecule is O=C(O)C(Cc1c[nH]c2ccccc12)NC(=O)C(Cc1c[nH]c2ccccc12)NC(=O)C(Cc1ccc(O)cc1)NC(=O)C1CCCN1. The average Bonchev–Trinajstić information content (AvgIpc) is 3.86. The number of hydrogen-bond donors (Lipinski definition) is 8. The molecule has 0 spiro atoms. The first kappa shape index (κ1) is 32.3. The predicted octanol–water partition coefficient (Wildman–Crippen LogP) is 2.67. The van der Waals surface area contributed by atoms with Gasteiger partial charge in [0.25, 0.3) is 0 Å². The molecule has 0 saturated carbocycles. The van der Waals surface area contributed by atoms with E-state index in [0.717, 1.165) is 39.4 Å². The van der Waals surface area contributed by atoms with Crippen LogP contribution >= 0.6 is 0 Å². The van der Waals surface area contributed by atoms with Crippen LogP contribution in [0.15, 0.2) is 85.2 Å². The number of phenolic OH excluding ortho intramolecular Hbond substituents is 1. The number of aromatic hydroxyl groups is 1. The monoisotopic (exact) mass is 650 g/mol.